The largest absolute Gasteiger partial charge is 0.493 e. The van der Waals surface area contributed by atoms with Crippen molar-refractivity contribution in [3.63, 3.8) is 0 Å². The van der Waals surface area contributed by atoms with Crippen LogP contribution < -0.4 is 9.47 Å². The molecule has 0 saturated carbocycles. The number of tetrazole rings is 1. The Morgan fingerprint density at radius 2 is 1.85 bits per heavy atom. The van der Waals surface area contributed by atoms with E-state index in [1.807, 2.05) is 30.3 Å². The lowest BCUT2D eigenvalue weighted by Crippen LogP contribution is -2.13. The summed E-state index contributed by atoms with van der Waals surface area (Å²) >= 11 is 4.77. The Morgan fingerprint density at radius 1 is 1.15 bits per heavy atom. The van der Waals surface area contributed by atoms with E-state index >= 15 is 0 Å². The molecule has 3 aromatic rings. The molecule has 0 fully saturated rings. The van der Waals surface area contributed by atoms with Gasteiger partial charge in [0.15, 0.2) is 17.3 Å². The van der Waals surface area contributed by atoms with Gasteiger partial charge in [-0.05, 0) is 58.8 Å². The summed E-state index contributed by atoms with van der Waals surface area (Å²) in [7, 11) is 3.14. The summed E-state index contributed by atoms with van der Waals surface area (Å²) in [6.45, 7) is 0. The van der Waals surface area contributed by atoms with Crippen molar-refractivity contribution in [2.75, 3.05) is 14.2 Å². The van der Waals surface area contributed by atoms with E-state index in [1.165, 1.54) is 11.8 Å². The number of nitrogens with zero attached hydrogens (tertiary/aromatic N) is 4. The molecule has 9 heteroatoms. The zero-order valence-electron chi connectivity index (χ0n) is 14.5. The fraction of sp³-hybridized carbons (Fsp3) is 0.222. The SMILES string of the molecule is COc1cc2c(cc1OC)C(=O)[C@@H](Sc1nnnn1-c1ccc(Br)cc1)C2. The number of ether oxygens (including phenoxy) is 2. The second-order valence-corrected chi connectivity index (χ2v) is 7.97. The van der Waals surface area contributed by atoms with Gasteiger partial charge in [-0.2, -0.15) is 4.68 Å². The third-order valence-corrected chi connectivity index (χ3v) is 5.99. The average Bonchev–Trinajstić information content (AvgIpc) is 3.26. The van der Waals surface area contributed by atoms with Crippen LogP contribution in [0.1, 0.15) is 15.9 Å². The molecule has 0 unspecified atom stereocenters. The number of halogens is 1. The van der Waals surface area contributed by atoms with Gasteiger partial charge in [0.1, 0.15) is 0 Å². The van der Waals surface area contributed by atoms with Crippen LogP contribution in [0.2, 0.25) is 0 Å². The van der Waals surface area contributed by atoms with Crippen molar-refractivity contribution < 1.29 is 14.3 Å². The first kappa shape index (κ1) is 18.0. The van der Waals surface area contributed by atoms with Crippen molar-refractivity contribution in [2.24, 2.45) is 0 Å². The summed E-state index contributed by atoms with van der Waals surface area (Å²) in [4.78, 5) is 12.9. The van der Waals surface area contributed by atoms with Gasteiger partial charge in [0.2, 0.25) is 5.16 Å². The van der Waals surface area contributed by atoms with Gasteiger partial charge < -0.3 is 9.47 Å². The Bertz CT molecular complexity index is 1010. The lowest BCUT2D eigenvalue weighted by Gasteiger charge is -2.09. The molecule has 1 aromatic heterocycles. The highest BCUT2D eigenvalue weighted by atomic mass is 79.9. The molecule has 0 radical (unpaired) electrons. The number of carbonyl (C=O) groups excluding carboxylic acids is 1. The number of Topliss-reactive ketones (excluding diaryl/α,β-unsaturated/α-hetero) is 1. The van der Waals surface area contributed by atoms with E-state index in [4.69, 9.17) is 9.47 Å². The maximum absolute atomic E-state index is 12.9. The van der Waals surface area contributed by atoms with E-state index in [9.17, 15) is 4.79 Å². The van der Waals surface area contributed by atoms with Crippen LogP contribution in [-0.2, 0) is 6.42 Å². The third kappa shape index (κ3) is 3.32. The van der Waals surface area contributed by atoms with Crippen molar-refractivity contribution in [3.8, 4) is 17.2 Å². The molecule has 27 heavy (non-hydrogen) atoms. The molecule has 0 aliphatic heterocycles. The predicted octanol–water partition coefficient (Wildman–Crippen LogP) is 3.34. The molecule has 0 spiro atoms. The number of aromatic nitrogens is 4. The molecule has 0 bridgehead atoms. The van der Waals surface area contributed by atoms with Crippen LogP contribution in [0.25, 0.3) is 5.69 Å². The highest BCUT2D eigenvalue weighted by Crippen LogP contribution is 2.39. The zero-order valence-corrected chi connectivity index (χ0v) is 17.0. The fourth-order valence-electron chi connectivity index (χ4n) is 3.00. The second kappa shape index (κ2) is 7.32. The van der Waals surface area contributed by atoms with Gasteiger partial charge in [-0.25, -0.2) is 0 Å². The average molecular weight is 447 g/mol. The number of fused-ring (bicyclic) bond motifs is 1. The minimum Gasteiger partial charge on any atom is -0.493 e. The molecule has 138 valence electrons. The normalized spacial score (nSPS) is 15.7. The second-order valence-electron chi connectivity index (χ2n) is 5.89. The summed E-state index contributed by atoms with van der Waals surface area (Å²) in [5.74, 6) is 1.21. The number of rotatable bonds is 5. The van der Waals surface area contributed by atoms with Gasteiger partial charge in [-0.3, -0.25) is 4.79 Å². The summed E-state index contributed by atoms with van der Waals surface area (Å²) < 4.78 is 13.3. The van der Waals surface area contributed by atoms with Crippen LogP contribution in [0.4, 0.5) is 0 Å². The molecule has 1 heterocycles. The van der Waals surface area contributed by atoms with Crippen LogP contribution in [0, 0.1) is 0 Å². The minimum atomic E-state index is -0.294. The molecule has 2 aromatic carbocycles. The smallest absolute Gasteiger partial charge is 0.214 e. The zero-order chi connectivity index (χ0) is 19.0. The Balaban J connectivity index is 1.61. The topological polar surface area (TPSA) is 79.1 Å². The van der Waals surface area contributed by atoms with Crippen molar-refractivity contribution in [1.82, 2.24) is 20.2 Å². The Labute approximate surface area is 168 Å². The van der Waals surface area contributed by atoms with Gasteiger partial charge >= 0.3 is 0 Å². The van der Waals surface area contributed by atoms with Crippen molar-refractivity contribution in [1.29, 1.82) is 0 Å². The highest BCUT2D eigenvalue weighted by molar-refractivity contribution is 9.10. The number of thioether (sulfide) groups is 1. The lowest BCUT2D eigenvalue weighted by molar-refractivity contribution is 0.1000. The van der Waals surface area contributed by atoms with Gasteiger partial charge in [0.25, 0.3) is 0 Å². The predicted molar refractivity (Wildman–Crippen MR) is 104 cm³/mol. The first-order valence-corrected chi connectivity index (χ1v) is 9.78. The molecule has 0 N–H and O–H groups in total. The quantitative estimate of drug-likeness (QED) is 0.594. The maximum atomic E-state index is 12.9. The van der Waals surface area contributed by atoms with E-state index in [0.717, 1.165) is 15.7 Å². The van der Waals surface area contributed by atoms with Crippen molar-refractivity contribution in [3.05, 3.63) is 52.0 Å². The number of methoxy groups -OCH3 is 2. The Hall–Kier alpha value is -2.39. The third-order valence-electron chi connectivity index (χ3n) is 4.33. The first-order valence-electron chi connectivity index (χ1n) is 8.11. The lowest BCUT2D eigenvalue weighted by atomic mass is 10.1. The van der Waals surface area contributed by atoms with Gasteiger partial charge in [-0.1, -0.05) is 27.7 Å². The Kier molecular flexibility index (Phi) is 4.88. The molecular formula is C18H15BrN4O3S. The summed E-state index contributed by atoms with van der Waals surface area (Å²) in [6, 6.07) is 11.3. The maximum Gasteiger partial charge on any atom is 0.214 e. The highest BCUT2D eigenvalue weighted by Gasteiger charge is 2.34. The number of hydrogen-bond donors (Lipinski definition) is 0. The van der Waals surface area contributed by atoms with Crippen LogP contribution in [0.3, 0.4) is 0 Å². The Morgan fingerprint density at radius 3 is 2.56 bits per heavy atom. The van der Waals surface area contributed by atoms with E-state index in [1.54, 1.807) is 25.0 Å². The fourth-order valence-corrected chi connectivity index (χ4v) is 4.35. The summed E-state index contributed by atoms with van der Waals surface area (Å²) in [6.07, 6.45) is 0.590. The van der Waals surface area contributed by atoms with E-state index in [-0.39, 0.29) is 11.0 Å². The monoisotopic (exact) mass is 446 g/mol. The van der Waals surface area contributed by atoms with Crippen molar-refractivity contribution in [2.45, 2.75) is 16.8 Å². The molecule has 7 nitrogen and oxygen atoms in total. The minimum absolute atomic E-state index is 0.0429. The van der Waals surface area contributed by atoms with Crippen LogP contribution in [-0.4, -0.2) is 45.5 Å². The number of hydrogen-bond acceptors (Lipinski definition) is 7. The van der Waals surface area contributed by atoms with Gasteiger partial charge in [-0.15, -0.1) is 5.10 Å². The van der Waals surface area contributed by atoms with E-state index in [2.05, 4.69) is 31.5 Å². The van der Waals surface area contributed by atoms with Crippen molar-refractivity contribution >= 4 is 33.5 Å². The van der Waals surface area contributed by atoms with Crippen LogP contribution >= 0.6 is 27.7 Å². The van der Waals surface area contributed by atoms with Crippen LogP contribution in [0.15, 0.2) is 46.0 Å². The van der Waals surface area contributed by atoms with E-state index < -0.39 is 0 Å². The number of carbonyl (C=O) groups is 1. The van der Waals surface area contributed by atoms with Crippen LogP contribution in [0.5, 0.6) is 11.5 Å². The summed E-state index contributed by atoms with van der Waals surface area (Å²) in [5.41, 5.74) is 2.43. The molecular weight excluding hydrogens is 432 g/mol. The molecule has 1 aliphatic carbocycles. The standard InChI is InChI=1S/C18H15BrN4O3S/c1-25-14-7-10-8-16(17(24)13(10)9-15(14)26-2)27-18-20-21-22-23(18)12-5-3-11(19)4-6-12/h3-7,9,16H,8H2,1-2H3/t16-/m0/s1. The van der Waals surface area contributed by atoms with Gasteiger partial charge in [0, 0.05) is 10.0 Å². The first-order chi connectivity index (χ1) is 13.1. The number of benzene rings is 2. The summed E-state index contributed by atoms with van der Waals surface area (Å²) in [5, 5.41) is 12.2. The number of ketones is 1. The van der Waals surface area contributed by atoms with E-state index in [0.29, 0.717) is 28.6 Å². The molecule has 0 amide bonds. The van der Waals surface area contributed by atoms with Gasteiger partial charge in [0.05, 0.1) is 25.2 Å². The molecule has 0 saturated heterocycles. The molecule has 1 atom stereocenters. The molecule has 1 aliphatic rings. The molecule has 4 rings (SSSR count).